The molecule has 0 aliphatic carbocycles. The van der Waals surface area contributed by atoms with Crippen LogP contribution in [-0.2, 0) is 5.41 Å². The summed E-state index contributed by atoms with van der Waals surface area (Å²) in [5.74, 6) is 0.887. The van der Waals surface area contributed by atoms with E-state index in [0.717, 1.165) is 22.4 Å². The smallest absolute Gasteiger partial charge is 0.119 e. The summed E-state index contributed by atoms with van der Waals surface area (Å²) in [4.78, 5) is 0. The van der Waals surface area contributed by atoms with Gasteiger partial charge in [-0.1, -0.05) is 36.4 Å². The number of nitrogens with zero attached hydrogens (tertiary/aromatic N) is 1. The Labute approximate surface area is 120 Å². The van der Waals surface area contributed by atoms with E-state index in [1.165, 1.54) is 0 Å². The Balaban J connectivity index is 2.24. The summed E-state index contributed by atoms with van der Waals surface area (Å²) in [6, 6.07) is 18.5. The molecule has 0 saturated carbocycles. The number of nitriles is 1. The van der Waals surface area contributed by atoms with Gasteiger partial charge in [0.2, 0.25) is 0 Å². The summed E-state index contributed by atoms with van der Waals surface area (Å²) in [5.41, 5.74) is 2.88. The van der Waals surface area contributed by atoms with Crippen LogP contribution < -0.4 is 4.74 Å². The highest BCUT2D eigenvalue weighted by Crippen LogP contribution is 2.27. The van der Waals surface area contributed by atoms with E-state index in [9.17, 15) is 0 Å². The van der Waals surface area contributed by atoms with Crippen LogP contribution in [0.5, 0.6) is 5.75 Å². The Morgan fingerprint density at radius 3 is 1.90 bits per heavy atom. The Hall–Kier alpha value is -2.27. The lowest BCUT2D eigenvalue weighted by Gasteiger charge is -2.16. The van der Waals surface area contributed by atoms with Crippen LogP contribution in [0.2, 0.25) is 0 Å². The molecule has 20 heavy (non-hydrogen) atoms. The second-order valence-corrected chi connectivity index (χ2v) is 5.27. The van der Waals surface area contributed by atoms with E-state index < -0.39 is 5.41 Å². The largest absolute Gasteiger partial charge is 0.494 e. The maximum absolute atomic E-state index is 9.15. The summed E-state index contributed by atoms with van der Waals surface area (Å²) >= 11 is 0. The molecule has 0 bridgehead atoms. The van der Waals surface area contributed by atoms with Gasteiger partial charge in [-0.2, -0.15) is 5.26 Å². The first kappa shape index (κ1) is 14.1. The van der Waals surface area contributed by atoms with Crippen LogP contribution in [0, 0.1) is 11.3 Å². The van der Waals surface area contributed by atoms with Crippen molar-refractivity contribution in [3.8, 4) is 22.9 Å². The highest BCUT2D eigenvalue weighted by Gasteiger charge is 2.19. The van der Waals surface area contributed by atoms with Crippen LogP contribution >= 0.6 is 0 Å². The van der Waals surface area contributed by atoms with E-state index in [1.54, 1.807) is 0 Å². The predicted octanol–water partition coefficient (Wildman–Crippen LogP) is 4.55. The van der Waals surface area contributed by atoms with E-state index in [1.807, 2.05) is 45.0 Å². The van der Waals surface area contributed by atoms with Crippen molar-refractivity contribution in [3.05, 3.63) is 54.1 Å². The van der Waals surface area contributed by atoms with Crippen molar-refractivity contribution < 1.29 is 4.74 Å². The van der Waals surface area contributed by atoms with E-state index in [4.69, 9.17) is 10.00 Å². The van der Waals surface area contributed by atoms with Crippen molar-refractivity contribution in [1.29, 1.82) is 5.26 Å². The van der Waals surface area contributed by atoms with Gasteiger partial charge in [0.05, 0.1) is 18.1 Å². The molecule has 0 atom stereocenters. The SMILES string of the molecule is CCOc1ccc(-c2ccc(C(C)(C)C#N)cc2)cc1. The van der Waals surface area contributed by atoms with Gasteiger partial charge in [0, 0.05) is 0 Å². The van der Waals surface area contributed by atoms with Gasteiger partial charge >= 0.3 is 0 Å². The first-order valence-electron chi connectivity index (χ1n) is 6.82. The maximum atomic E-state index is 9.15. The number of ether oxygens (including phenoxy) is 1. The molecular weight excluding hydrogens is 246 g/mol. The summed E-state index contributed by atoms with van der Waals surface area (Å²) in [6.07, 6.45) is 0. The predicted molar refractivity (Wildman–Crippen MR) is 81.7 cm³/mol. The minimum absolute atomic E-state index is 0.447. The second-order valence-electron chi connectivity index (χ2n) is 5.27. The molecule has 0 spiro atoms. The zero-order valence-corrected chi connectivity index (χ0v) is 12.2. The fourth-order valence-corrected chi connectivity index (χ4v) is 2.05. The molecule has 0 fully saturated rings. The van der Waals surface area contributed by atoms with Gasteiger partial charge in [-0.3, -0.25) is 0 Å². The van der Waals surface area contributed by atoms with Gasteiger partial charge in [-0.25, -0.2) is 0 Å². The highest BCUT2D eigenvalue weighted by molar-refractivity contribution is 5.64. The zero-order valence-electron chi connectivity index (χ0n) is 12.2. The zero-order chi connectivity index (χ0) is 14.6. The third kappa shape index (κ3) is 3.00. The molecule has 102 valence electrons. The van der Waals surface area contributed by atoms with Gasteiger partial charge in [0.1, 0.15) is 5.75 Å². The van der Waals surface area contributed by atoms with Crippen molar-refractivity contribution in [2.75, 3.05) is 6.61 Å². The lowest BCUT2D eigenvalue weighted by atomic mass is 9.85. The second kappa shape index (κ2) is 5.79. The van der Waals surface area contributed by atoms with Crippen LogP contribution in [0.15, 0.2) is 48.5 Å². The highest BCUT2D eigenvalue weighted by atomic mass is 16.5. The molecule has 2 rings (SSSR count). The quantitative estimate of drug-likeness (QED) is 0.812. The number of rotatable bonds is 4. The first-order valence-corrected chi connectivity index (χ1v) is 6.82. The monoisotopic (exact) mass is 265 g/mol. The third-order valence-electron chi connectivity index (χ3n) is 3.38. The Kier molecular flexibility index (Phi) is 4.10. The Morgan fingerprint density at radius 2 is 1.45 bits per heavy atom. The van der Waals surface area contributed by atoms with Gasteiger partial charge in [-0.05, 0) is 49.6 Å². The fourth-order valence-electron chi connectivity index (χ4n) is 2.05. The summed E-state index contributed by atoms with van der Waals surface area (Å²) in [6.45, 7) is 6.51. The van der Waals surface area contributed by atoms with Crippen molar-refractivity contribution in [3.63, 3.8) is 0 Å². The molecule has 0 heterocycles. The molecule has 2 nitrogen and oxygen atoms in total. The van der Waals surface area contributed by atoms with E-state index in [0.29, 0.717) is 6.61 Å². The summed E-state index contributed by atoms with van der Waals surface area (Å²) in [5, 5.41) is 9.15. The standard InChI is InChI=1S/C18H19NO/c1-4-20-17-11-7-15(8-12-17)14-5-9-16(10-6-14)18(2,3)13-19/h5-12H,4H2,1-3H3. The molecule has 0 unspecified atom stereocenters. The Bertz CT molecular complexity index is 603. The van der Waals surface area contributed by atoms with Crippen molar-refractivity contribution in [2.45, 2.75) is 26.2 Å². The van der Waals surface area contributed by atoms with E-state index in [2.05, 4.69) is 30.3 Å². The first-order chi connectivity index (χ1) is 9.56. The molecule has 2 aromatic rings. The maximum Gasteiger partial charge on any atom is 0.119 e. The fraction of sp³-hybridized carbons (Fsp3) is 0.278. The normalized spacial score (nSPS) is 10.9. The van der Waals surface area contributed by atoms with E-state index in [-0.39, 0.29) is 0 Å². The van der Waals surface area contributed by atoms with Gasteiger partial charge in [0.15, 0.2) is 0 Å². The topological polar surface area (TPSA) is 33.0 Å². The van der Waals surface area contributed by atoms with Crippen LogP contribution in [-0.4, -0.2) is 6.61 Å². The molecule has 0 aromatic heterocycles. The molecule has 0 aliphatic rings. The minimum atomic E-state index is -0.447. The molecule has 0 saturated heterocycles. The molecule has 0 N–H and O–H groups in total. The van der Waals surface area contributed by atoms with Crippen LogP contribution in [0.3, 0.4) is 0 Å². The average molecular weight is 265 g/mol. The summed E-state index contributed by atoms with van der Waals surface area (Å²) in [7, 11) is 0. The van der Waals surface area contributed by atoms with Crippen molar-refractivity contribution >= 4 is 0 Å². The number of benzene rings is 2. The van der Waals surface area contributed by atoms with Crippen LogP contribution in [0.4, 0.5) is 0 Å². The number of hydrogen-bond donors (Lipinski definition) is 0. The minimum Gasteiger partial charge on any atom is -0.494 e. The molecule has 2 aromatic carbocycles. The molecular formula is C18H19NO. The van der Waals surface area contributed by atoms with Gasteiger partial charge < -0.3 is 4.74 Å². The average Bonchev–Trinajstić information content (AvgIpc) is 2.48. The lowest BCUT2D eigenvalue weighted by Crippen LogP contribution is -2.13. The number of hydrogen-bond acceptors (Lipinski definition) is 2. The van der Waals surface area contributed by atoms with Crippen molar-refractivity contribution in [2.24, 2.45) is 0 Å². The van der Waals surface area contributed by atoms with Gasteiger partial charge in [-0.15, -0.1) is 0 Å². The van der Waals surface area contributed by atoms with Crippen LogP contribution in [0.25, 0.3) is 11.1 Å². The lowest BCUT2D eigenvalue weighted by molar-refractivity contribution is 0.340. The van der Waals surface area contributed by atoms with Gasteiger partial charge in [0.25, 0.3) is 0 Å². The van der Waals surface area contributed by atoms with Crippen molar-refractivity contribution in [1.82, 2.24) is 0 Å². The molecule has 0 aliphatic heterocycles. The molecule has 2 heteroatoms. The molecule has 0 amide bonds. The van der Waals surface area contributed by atoms with E-state index >= 15 is 0 Å². The molecule has 0 radical (unpaired) electrons. The van der Waals surface area contributed by atoms with Crippen LogP contribution in [0.1, 0.15) is 26.3 Å². The third-order valence-corrected chi connectivity index (χ3v) is 3.38. The summed E-state index contributed by atoms with van der Waals surface area (Å²) < 4.78 is 5.44. The Morgan fingerprint density at radius 1 is 0.950 bits per heavy atom.